The van der Waals surface area contributed by atoms with E-state index in [1.165, 1.54) is 44.1 Å². The van der Waals surface area contributed by atoms with Crippen molar-refractivity contribution in [2.75, 3.05) is 7.11 Å². The fraction of sp³-hybridized carbons (Fsp3) is 0.688. The van der Waals surface area contributed by atoms with Crippen molar-refractivity contribution in [2.24, 2.45) is 11.8 Å². The molecule has 3 nitrogen and oxygen atoms in total. The third-order valence-corrected chi connectivity index (χ3v) is 4.63. The van der Waals surface area contributed by atoms with Gasteiger partial charge in [0.05, 0.1) is 7.11 Å². The predicted octanol–water partition coefficient (Wildman–Crippen LogP) is 3.15. The van der Waals surface area contributed by atoms with Gasteiger partial charge in [0.25, 0.3) is 0 Å². The Kier molecular flexibility index (Phi) is 4.02. The van der Waals surface area contributed by atoms with Crippen molar-refractivity contribution < 1.29 is 4.74 Å². The summed E-state index contributed by atoms with van der Waals surface area (Å²) >= 11 is 0. The van der Waals surface area contributed by atoms with Crippen molar-refractivity contribution in [1.29, 1.82) is 0 Å². The quantitative estimate of drug-likeness (QED) is 0.883. The average molecular weight is 260 g/mol. The van der Waals surface area contributed by atoms with Crippen LogP contribution in [-0.4, -0.2) is 18.1 Å². The van der Waals surface area contributed by atoms with Gasteiger partial charge in [-0.25, -0.2) is 4.98 Å². The van der Waals surface area contributed by atoms with Crippen molar-refractivity contribution in [3.8, 4) is 5.88 Å². The van der Waals surface area contributed by atoms with Crippen LogP contribution in [0.5, 0.6) is 5.88 Å². The minimum absolute atomic E-state index is 0.685. The van der Waals surface area contributed by atoms with Gasteiger partial charge in [0, 0.05) is 24.3 Å². The zero-order valence-corrected chi connectivity index (χ0v) is 11.8. The molecule has 0 saturated heterocycles. The van der Waals surface area contributed by atoms with Crippen LogP contribution in [-0.2, 0) is 6.54 Å². The van der Waals surface area contributed by atoms with Crippen LogP contribution in [0.2, 0.25) is 0 Å². The van der Waals surface area contributed by atoms with Crippen LogP contribution < -0.4 is 10.1 Å². The van der Waals surface area contributed by atoms with E-state index in [9.17, 15) is 0 Å². The van der Waals surface area contributed by atoms with E-state index in [0.717, 1.165) is 24.3 Å². The second-order valence-corrected chi connectivity index (χ2v) is 6.01. The van der Waals surface area contributed by atoms with Crippen LogP contribution in [0.4, 0.5) is 0 Å². The molecule has 2 fully saturated rings. The highest BCUT2D eigenvalue weighted by Gasteiger charge is 2.34. The van der Waals surface area contributed by atoms with Gasteiger partial charge in [-0.05, 0) is 43.6 Å². The summed E-state index contributed by atoms with van der Waals surface area (Å²) in [5.74, 6) is 2.80. The first-order valence-electron chi connectivity index (χ1n) is 7.58. The lowest BCUT2D eigenvalue weighted by Crippen LogP contribution is -2.34. The Morgan fingerprint density at radius 3 is 2.95 bits per heavy atom. The first-order chi connectivity index (χ1) is 9.36. The number of hydrogen-bond donors (Lipinski definition) is 1. The fourth-order valence-electron chi connectivity index (χ4n) is 3.41. The molecule has 19 heavy (non-hydrogen) atoms. The molecule has 0 aliphatic heterocycles. The van der Waals surface area contributed by atoms with Crippen LogP contribution in [0.1, 0.15) is 44.1 Å². The highest BCUT2D eigenvalue weighted by molar-refractivity contribution is 5.25. The lowest BCUT2D eigenvalue weighted by molar-refractivity contribution is 0.259. The number of ether oxygens (including phenoxy) is 1. The van der Waals surface area contributed by atoms with Gasteiger partial charge in [-0.1, -0.05) is 18.9 Å². The molecule has 1 heterocycles. The van der Waals surface area contributed by atoms with Gasteiger partial charge in [-0.15, -0.1) is 0 Å². The molecule has 2 aliphatic rings. The third kappa shape index (κ3) is 3.27. The van der Waals surface area contributed by atoms with Crippen molar-refractivity contribution >= 4 is 0 Å². The highest BCUT2D eigenvalue weighted by atomic mass is 16.5. The molecule has 1 aromatic heterocycles. The molecule has 0 spiro atoms. The van der Waals surface area contributed by atoms with Crippen molar-refractivity contribution in [3.05, 3.63) is 23.9 Å². The molecule has 3 rings (SSSR count). The van der Waals surface area contributed by atoms with Crippen molar-refractivity contribution in [2.45, 2.75) is 51.1 Å². The lowest BCUT2D eigenvalue weighted by Gasteiger charge is -2.30. The van der Waals surface area contributed by atoms with Crippen molar-refractivity contribution in [1.82, 2.24) is 10.3 Å². The molecule has 0 bridgehead atoms. The largest absolute Gasteiger partial charge is 0.481 e. The van der Waals surface area contributed by atoms with Gasteiger partial charge in [-0.2, -0.15) is 0 Å². The molecule has 0 aromatic carbocycles. The number of methoxy groups -OCH3 is 1. The van der Waals surface area contributed by atoms with Gasteiger partial charge >= 0.3 is 0 Å². The topological polar surface area (TPSA) is 34.1 Å². The number of nitrogens with one attached hydrogen (secondary N) is 1. The number of hydrogen-bond acceptors (Lipinski definition) is 3. The molecular weight excluding hydrogens is 236 g/mol. The smallest absolute Gasteiger partial charge is 0.217 e. The molecule has 2 saturated carbocycles. The second-order valence-electron chi connectivity index (χ2n) is 6.01. The van der Waals surface area contributed by atoms with Crippen LogP contribution in [0.3, 0.4) is 0 Å². The Balaban J connectivity index is 1.53. The molecule has 1 aromatic rings. The number of nitrogens with zero attached hydrogens (tertiary/aromatic N) is 1. The normalized spacial score (nSPS) is 27.2. The molecule has 3 heteroatoms. The number of rotatable bonds is 5. The van der Waals surface area contributed by atoms with E-state index in [1.54, 1.807) is 13.3 Å². The van der Waals surface area contributed by atoms with Gasteiger partial charge < -0.3 is 10.1 Å². The maximum absolute atomic E-state index is 5.30. The summed E-state index contributed by atoms with van der Waals surface area (Å²) in [4.78, 5) is 4.25. The first-order valence-corrected chi connectivity index (χ1v) is 7.58. The fourth-order valence-corrected chi connectivity index (χ4v) is 3.41. The molecule has 2 unspecified atom stereocenters. The Hall–Kier alpha value is -1.09. The zero-order chi connectivity index (χ0) is 13.1. The standard InChI is InChI=1S/C16H24N2O/c1-19-16-14(5-3-9-17-16)11-18-15-6-2-4-13(10-15)12-7-8-12/h3,5,9,12-13,15,18H,2,4,6-8,10-11H2,1H3. The molecule has 2 atom stereocenters. The molecular formula is C16H24N2O. The molecule has 0 radical (unpaired) electrons. The van der Waals surface area contributed by atoms with Gasteiger partial charge in [0.1, 0.15) is 0 Å². The van der Waals surface area contributed by atoms with Crippen LogP contribution in [0.25, 0.3) is 0 Å². The average Bonchev–Trinajstić information content (AvgIpc) is 3.30. The summed E-state index contributed by atoms with van der Waals surface area (Å²) in [5, 5.41) is 3.71. The molecule has 1 N–H and O–H groups in total. The first kappa shape index (κ1) is 12.9. The summed E-state index contributed by atoms with van der Waals surface area (Å²) < 4.78 is 5.30. The highest BCUT2D eigenvalue weighted by Crippen LogP contribution is 2.43. The maximum Gasteiger partial charge on any atom is 0.217 e. The van der Waals surface area contributed by atoms with E-state index < -0.39 is 0 Å². The molecule has 104 valence electrons. The van der Waals surface area contributed by atoms with E-state index >= 15 is 0 Å². The van der Waals surface area contributed by atoms with Crippen LogP contribution in [0, 0.1) is 11.8 Å². The minimum Gasteiger partial charge on any atom is -0.481 e. The molecule has 0 amide bonds. The van der Waals surface area contributed by atoms with Gasteiger partial charge in [-0.3, -0.25) is 0 Å². The number of pyridine rings is 1. The Labute approximate surface area is 115 Å². The Morgan fingerprint density at radius 1 is 1.26 bits per heavy atom. The summed E-state index contributed by atoms with van der Waals surface area (Å²) in [5.41, 5.74) is 1.17. The SMILES string of the molecule is COc1ncccc1CNC1CCCC(C2CC2)C1. The lowest BCUT2D eigenvalue weighted by atomic mass is 9.82. The van der Waals surface area contributed by atoms with Crippen LogP contribution >= 0.6 is 0 Å². The summed E-state index contributed by atoms with van der Waals surface area (Å²) in [6.45, 7) is 0.874. The van der Waals surface area contributed by atoms with Crippen molar-refractivity contribution in [3.63, 3.8) is 0 Å². The van der Waals surface area contributed by atoms with E-state index in [1.807, 2.05) is 6.07 Å². The second kappa shape index (κ2) is 5.91. The minimum atomic E-state index is 0.685. The Morgan fingerprint density at radius 2 is 2.16 bits per heavy atom. The summed E-state index contributed by atoms with van der Waals surface area (Å²) in [7, 11) is 1.69. The third-order valence-electron chi connectivity index (χ3n) is 4.63. The van der Waals surface area contributed by atoms with E-state index in [2.05, 4.69) is 16.4 Å². The zero-order valence-electron chi connectivity index (χ0n) is 11.8. The van der Waals surface area contributed by atoms with E-state index in [-0.39, 0.29) is 0 Å². The maximum atomic E-state index is 5.30. The van der Waals surface area contributed by atoms with E-state index in [4.69, 9.17) is 4.74 Å². The monoisotopic (exact) mass is 260 g/mol. The summed E-state index contributed by atoms with van der Waals surface area (Å²) in [6.07, 6.45) is 10.3. The molecule has 2 aliphatic carbocycles. The summed E-state index contributed by atoms with van der Waals surface area (Å²) in [6, 6.07) is 4.76. The van der Waals surface area contributed by atoms with Crippen LogP contribution in [0.15, 0.2) is 18.3 Å². The van der Waals surface area contributed by atoms with E-state index in [0.29, 0.717) is 6.04 Å². The van der Waals surface area contributed by atoms with Gasteiger partial charge in [0.2, 0.25) is 5.88 Å². The Bertz CT molecular complexity index is 417. The number of aromatic nitrogens is 1. The predicted molar refractivity (Wildman–Crippen MR) is 76.1 cm³/mol. The van der Waals surface area contributed by atoms with Gasteiger partial charge in [0.15, 0.2) is 0 Å².